The summed E-state index contributed by atoms with van der Waals surface area (Å²) in [6, 6.07) is 0.800. The molecule has 0 spiro atoms. The van der Waals surface area contributed by atoms with Crippen LogP contribution in [-0.4, -0.2) is 63.4 Å². The standard InChI is InChI=1S/C18H29N7/c1-3-19-16-15-13-20-23(2)17(15)22-18(21-16)25-11-9-24(10-12-25)14-7-5-4-6-8-14/h13-14H,3-12H2,1-2H3,(H,19,21,22). The lowest BCUT2D eigenvalue weighted by molar-refractivity contribution is 0.147. The summed E-state index contributed by atoms with van der Waals surface area (Å²) in [5.41, 5.74) is 0.899. The van der Waals surface area contributed by atoms with E-state index in [1.165, 1.54) is 32.1 Å². The Balaban J connectivity index is 1.51. The molecule has 0 radical (unpaired) electrons. The number of fused-ring (bicyclic) bond motifs is 1. The molecule has 2 aromatic heterocycles. The molecule has 25 heavy (non-hydrogen) atoms. The molecule has 0 atom stereocenters. The Labute approximate surface area is 149 Å². The van der Waals surface area contributed by atoms with Gasteiger partial charge in [0, 0.05) is 45.8 Å². The first-order valence-electron chi connectivity index (χ1n) is 9.69. The fourth-order valence-corrected chi connectivity index (χ4v) is 4.19. The fraction of sp³-hybridized carbons (Fsp3) is 0.722. The Morgan fingerprint density at radius 3 is 2.56 bits per heavy atom. The van der Waals surface area contributed by atoms with E-state index >= 15 is 0 Å². The van der Waals surface area contributed by atoms with Gasteiger partial charge in [0.2, 0.25) is 5.95 Å². The molecule has 1 saturated heterocycles. The van der Waals surface area contributed by atoms with E-state index in [9.17, 15) is 0 Å². The van der Waals surface area contributed by atoms with E-state index in [-0.39, 0.29) is 0 Å². The minimum absolute atomic E-state index is 0.800. The van der Waals surface area contributed by atoms with E-state index < -0.39 is 0 Å². The number of nitrogens with zero attached hydrogens (tertiary/aromatic N) is 6. The summed E-state index contributed by atoms with van der Waals surface area (Å²) in [6.07, 6.45) is 8.82. The van der Waals surface area contributed by atoms with Gasteiger partial charge in [-0.3, -0.25) is 9.58 Å². The highest BCUT2D eigenvalue weighted by molar-refractivity contribution is 5.87. The van der Waals surface area contributed by atoms with Crippen LogP contribution in [0.5, 0.6) is 0 Å². The molecule has 1 aliphatic carbocycles. The number of hydrogen-bond acceptors (Lipinski definition) is 6. The lowest BCUT2D eigenvalue weighted by atomic mass is 9.94. The summed E-state index contributed by atoms with van der Waals surface area (Å²) in [4.78, 5) is 14.6. The lowest BCUT2D eigenvalue weighted by Gasteiger charge is -2.40. The van der Waals surface area contributed by atoms with Crippen LogP contribution >= 0.6 is 0 Å². The Morgan fingerprint density at radius 2 is 1.84 bits per heavy atom. The minimum Gasteiger partial charge on any atom is -0.370 e. The van der Waals surface area contributed by atoms with Crippen LogP contribution in [0, 0.1) is 0 Å². The average molecular weight is 343 g/mol. The molecule has 136 valence electrons. The van der Waals surface area contributed by atoms with Crippen LogP contribution in [0.4, 0.5) is 11.8 Å². The molecule has 7 nitrogen and oxygen atoms in total. The van der Waals surface area contributed by atoms with Crippen LogP contribution in [-0.2, 0) is 7.05 Å². The quantitative estimate of drug-likeness (QED) is 0.919. The third-order valence-electron chi connectivity index (χ3n) is 5.61. The molecule has 0 aromatic carbocycles. The predicted octanol–water partition coefficient (Wildman–Crippen LogP) is 2.25. The van der Waals surface area contributed by atoms with Gasteiger partial charge in [0.05, 0.1) is 11.6 Å². The van der Waals surface area contributed by atoms with E-state index in [1.807, 2.05) is 17.9 Å². The number of hydrogen-bond donors (Lipinski definition) is 1. The zero-order valence-electron chi connectivity index (χ0n) is 15.4. The first kappa shape index (κ1) is 16.6. The molecular formula is C18H29N7. The molecular weight excluding hydrogens is 314 g/mol. The van der Waals surface area contributed by atoms with Crippen LogP contribution in [0.15, 0.2) is 6.20 Å². The Kier molecular flexibility index (Phi) is 4.74. The van der Waals surface area contributed by atoms with E-state index in [4.69, 9.17) is 9.97 Å². The van der Waals surface area contributed by atoms with Crippen molar-refractivity contribution in [2.45, 2.75) is 45.1 Å². The van der Waals surface area contributed by atoms with E-state index in [0.29, 0.717) is 0 Å². The van der Waals surface area contributed by atoms with Gasteiger partial charge in [-0.05, 0) is 19.8 Å². The van der Waals surface area contributed by atoms with Gasteiger partial charge in [-0.25, -0.2) is 0 Å². The van der Waals surface area contributed by atoms with Crippen LogP contribution < -0.4 is 10.2 Å². The number of nitrogens with one attached hydrogen (secondary N) is 1. The van der Waals surface area contributed by atoms with Crippen molar-refractivity contribution in [2.75, 3.05) is 42.9 Å². The van der Waals surface area contributed by atoms with Gasteiger partial charge in [0.25, 0.3) is 0 Å². The summed E-state index contributed by atoms with van der Waals surface area (Å²) in [5, 5.41) is 8.70. The summed E-state index contributed by atoms with van der Waals surface area (Å²) >= 11 is 0. The smallest absolute Gasteiger partial charge is 0.229 e. The van der Waals surface area contributed by atoms with Crippen LogP contribution in [0.25, 0.3) is 11.0 Å². The van der Waals surface area contributed by atoms with Crippen LogP contribution in [0.1, 0.15) is 39.0 Å². The second-order valence-electron chi connectivity index (χ2n) is 7.22. The molecule has 4 rings (SSSR count). The van der Waals surface area contributed by atoms with Crippen molar-refractivity contribution in [3.63, 3.8) is 0 Å². The highest BCUT2D eigenvalue weighted by atomic mass is 15.4. The molecule has 2 aromatic rings. The van der Waals surface area contributed by atoms with Crippen LogP contribution in [0.3, 0.4) is 0 Å². The lowest BCUT2D eigenvalue weighted by Crippen LogP contribution is -2.51. The highest BCUT2D eigenvalue weighted by Crippen LogP contribution is 2.26. The van der Waals surface area contributed by atoms with Gasteiger partial charge >= 0.3 is 0 Å². The number of anilines is 2. The van der Waals surface area contributed by atoms with E-state index in [1.54, 1.807) is 0 Å². The average Bonchev–Trinajstić information content (AvgIpc) is 3.04. The van der Waals surface area contributed by atoms with Crippen molar-refractivity contribution in [2.24, 2.45) is 7.05 Å². The van der Waals surface area contributed by atoms with Crippen molar-refractivity contribution in [3.05, 3.63) is 6.20 Å². The molecule has 2 fully saturated rings. The SMILES string of the molecule is CCNc1nc(N2CCN(C3CCCCC3)CC2)nc2c1cnn2C. The van der Waals surface area contributed by atoms with Crippen molar-refractivity contribution >= 4 is 22.8 Å². The first-order valence-corrected chi connectivity index (χ1v) is 9.69. The molecule has 3 heterocycles. The molecule has 1 saturated carbocycles. The van der Waals surface area contributed by atoms with Crippen LogP contribution in [0.2, 0.25) is 0 Å². The first-order chi connectivity index (χ1) is 12.3. The summed E-state index contributed by atoms with van der Waals surface area (Å²) in [5.74, 6) is 1.72. The molecule has 0 bridgehead atoms. The van der Waals surface area contributed by atoms with Gasteiger partial charge < -0.3 is 10.2 Å². The summed E-state index contributed by atoms with van der Waals surface area (Å²) in [7, 11) is 1.94. The van der Waals surface area contributed by atoms with Gasteiger partial charge in [-0.1, -0.05) is 19.3 Å². The van der Waals surface area contributed by atoms with Gasteiger partial charge in [-0.2, -0.15) is 15.1 Å². The largest absolute Gasteiger partial charge is 0.370 e. The maximum Gasteiger partial charge on any atom is 0.229 e. The fourth-order valence-electron chi connectivity index (χ4n) is 4.19. The Bertz CT molecular complexity index is 712. The predicted molar refractivity (Wildman–Crippen MR) is 101 cm³/mol. The van der Waals surface area contributed by atoms with Crippen molar-refractivity contribution < 1.29 is 0 Å². The minimum atomic E-state index is 0.800. The highest BCUT2D eigenvalue weighted by Gasteiger charge is 2.26. The van der Waals surface area contributed by atoms with Crippen molar-refractivity contribution in [3.8, 4) is 0 Å². The topological polar surface area (TPSA) is 62.1 Å². The molecule has 0 unspecified atom stereocenters. The van der Waals surface area contributed by atoms with Gasteiger partial charge in [0.15, 0.2) is 5.65 Å². The maximum absolute atomic E-state index is 4.80. The number of aromatic nitrogens is 4. The number of rotatable bonds is 4. The molecule has 0 amide bonds. The van der Waals surface area contributed by atoms with Crippen molar-refractivity contribution in [1.82, 2.24) is 24.6 Å². The summed E-state index contributed by atoms with van der Waals surface area (Å²) in [6.45, 7) is 7.18. The second-order valence-corrected chi connectivity index (χ2v) is 7.22. The number of aryl methyl sites for hydroxylation is 1. The number of piperazine rings is 1. The molecule has 1 N–H and O–H groups in total. The maximum atomic E-state index is 4.80. The zero-order valence-corrected chi connectivity index (χ0v) is 15.4. The molecule has 7 heteroatoms. The normalized spacial score (nSPS) is 20.3. The Hall–Kier alpha value is -1.89. The van der Waals surface area contributed by atoms with E-state index in [0.717, 1.165) is 61.6 Å². The monoisotopic (exact) mass is 343 g/mol. The molecule has 2 aliphatic rings. The van der Waals surface area contributed by atoms with E-state index in [2.05, 4.69) is 27.1 Å². The molecule has 1 aliphatic heterocycles. The van der Waals surface area contributed by atoms with Gasteiger partial charge in [-0.15, -0.1) is 0 Å². The Morgan fingerprint density at radius 1 is 1.08 bits per heavy atom. The third kappa shape index (κ3) is 3.29. The van der Waals surface area contributed by atoms with Crippen molar-refractivity contribution in [1.29, 1.82) is 0 Å². The third-order valence-corrected chi connectivity index (χ3v) is 5.61. The zero-order chi connectivity index (χ0) is 17.2. The second kappa shape index (κ2) is 7.15. The summed E-state index contributed by atoms with van der Waals surface area (Å²) < 4.78 is 1.83. The van der Waals surface area contributed by atoms with Gasteiger partial charge in [0.1, 0.15) is 5.82 Å².